The standard InChI is InChI=1S/C22H35N3O7/c1-12(2)10-29-11-22(7)17(31-20(27)14(5)6)16(30-19(26)13(3)4)18(32-22)25-9-8-15(23)24-21(25)28/h8-9,12-14,16-18H,10-11H2,1-7H3,(H2,23,24,28)/t16-,17+,18-,22-/m1/s1. The maximum absolute atomic E-state index is 12.6. The molecule has 1 saturated heterocycles. The summed E-state index contributed by atoms with van der Waals surface area (Å²) in [7, 11) is 0. The van der Waals surface area contributed by atoms with E-state index in [2.05, 4.69) is 4.98 Å². The number of aromatic nitrogens is 2. The van der Waals surface area contributed by atoms with E-state index in [1.54, 1.807) is 34.6 Å². The summed E-state index contributed by atoms with van der Waals surface area (Å²) in [6.07, 6.45) is -1.78. The Morgan fingerprint density at radius 1 is 1.16 bits per heavy atom. The van der Waals surface area contributed by atoms with Crippen LogP contribution < -0.4 is 11.4 Å². The van der Waals surface area contributed by atoms with Gasteiger partial charge in [0.15, 0.2) is 18.4 Å². The van der Waals surface area contributed by atoms with Crippen LogP contribution >= 0.6 is 0 Å². The first kappa shape index (κ1) is 25.8. The van der Waals surface area contributed by atoms with Gasteiger partial charge in [0.25, 0.3) is 0 Å². The third-order valence-electron chi connectivity index (χ3n) is 4.97. The topological polar surface area (TPSA) is 132 Å². The molecule has 0 unspecified atom stereocenters. The average Bonchev–Trinajstić information content (AvgIpc) is 2.93. The minimum Gasteiger partial charge on any atom is -0.455 e. The first-order chi connectivity index (χ1) is 14.9. The van der Waals surface area contributed by atoms with Crippen LogP contribution in [0.1, 0.15) is 54.7 Å². The number of nitrogen functional groups attached to an aromatic ring is 1. The number of carbonyl (C=O) groups is 2. The van der Waals surface area contributed by atoms with E-state index in [-0.39, 0.29) is 18.3 Å². The Labute approximate surface area is 188 Å². The number of carbonyl (C=O) groups excluding carboxylic acids is 2. The van der Waals surface area contributed by atoms with Crippen LogP contribution in [-0.4, -0.2) is 52.5 Å². The van der Waals surface area contributed by atoms with Gasteiger partial charge in [-0.25, -0.2) is 4.79 Å². The van der Waals surface area contributed by atoms with Crippen LogP contribution in [0.2, 0.25) is 0 Å². The Hall–Kier alpha value is -2.46. The maximum atomic E-state index is 12.6. The van der Waals surface area contributed by atoms with Crippen LogP contribution in [0, 0.1) is 17.8 Å². The van der Waals surface area contributed by atoms with Gasteiger partial charge in [-0.05, 0) is 18.9 Å². The zero-order valence-corrected chi connectivity index (χ0v) is 19.9. The molecule has 0 aliphatic carbocycles. The van der Waals surface area contributed by atoms with Crippen molar-refractivity contribution in [2.75, 3.05) is 18.9 Å². The normalized spacial score (nSPS) is 25.5. The van der Waals surface area contributed by atoms with Crippen molar-refractivity contribution < 1.29 is 28.5 Å². The molecular formula is C22H35N3O7. The predicted octanol–water partition coefficient (Wildman–Crippen LogP) is 1.92. The zero-order valence-electron chi connectivity index (χ0n) is 19.9. The van der Waals surface area contributed by atoms with Crippen molar-refractivity contribution in [3.63, 3.8) is 0 Å². The fourth-order valence-corrected chi connectivity index (χ4v) is 3.20. The highest BCUT2D eigenvalue weighted by Crippen LogP contribution is 2.41. The zero-order chi connectivity index (χ0) is 24.2. The van der Waals surface area contributed by atoms with Gasteiger partial charge in [-0.15, -0.1) is 0 Å². The SMILES string of the molecule is CC(C)COC[C@@]1(C)O[C@@H](n2ccc(N)nc2=O)[C@H](OC(=O)C(C)C)[C@@H]1OC(=O)C(C)C. The summed E-state index contributed by atoms with van der Waals surface area (Å²) in [5.41, 5.74) is 3.75. The molecule has 2 rings (SSSR count). The number of rotatable bonds is 9. The predicted molar refractivity (Wildman–Crippen MR) is 117 cm³/mol. The molecule has 0 radical (unpaired) electrons. The molecule has 0 bridgehead atoms. The molecule has 10 nitrogen and oxygen atoms in total. The Morgan fingerprint density at radius 3 is 2.28 bits per heavy atom. The van der Waals surface area contributed by atoms with Gasteiger partial charge in [-0.1, -0.05) is 41.5 Å². The first-order valence-corrected chi connectivity index (χ1v) is 10.9. The lowest BCUT2D eigenvalue weighted by atomic mass is 9.97. The van der Waals surface area contributed by atoms with Gasteiger partial charge in [0, 0.05) is 12.8 Å². The van der Waals surface area contributed by atoms with E-state index in [9.17, 15) is 14.4 Å². The summed E-state index contributed by atoms with van der Waals surface area (Å²) < 4.78 is 24.7. The van der Waals surface area contributed by atoms with E-state index in [4.69, 9.17) is 24.7 Å². The van der Waals surface area contributed by atoms with Crippen LogP contribution in [0.4, 0.5) is 5.82 Å². The van der Waals surface area contributed by atoms with E-state index in [0.717, 1.165) is 0 Å². The summed E-state index contributed by atoms with van der Waals surface area (Å²) in [5, 5.41) is 0. The number of ether oxygens (including phenoxy) is 4. The summed E-state index contributed by atoms with van der Waals surface area (Å²) >= 11 is 0. The molecule has 10 heteroatoms. The molecule has 1 aromatic rings. The second kappa shape index (κ2) is 10.4. The van der Waals surface area contributed by atoms with Crippen LogP contribution in [0.5, 0.6) is 0 Å². The Morgan fingerprint density at radius 2 is 1.75 bits per heavy atom. The number of anilines is 1. The third kappa shape index (κ3) is 6.07. The van der Waals surface area contributed by atoms with Crippen molar-refractivity contribution >= 4 is 17.8 Å². The number of nitrogens with two attached hydrogens (primary N) is 1. The molecule has 0 saturated carbocycles. The fourth-order valence-electron chi connectivity index (χ4n) is 3.20. The van der Waals surface area contributed by atoms with E-state index < -0.39 is 53.5 Å². The maximum Gasteiger partial charge on any atom is 0.351 e. The molecule has 2 N–H and O–H groups in total. The van der Waals surface area contributed by atoms with Crippen molar-refractivity contribution in [2.24, 2.45) is 17.8 Å². The molecule has 4 atom stereocenters. The Balaban J connectivity index is 2.51. The van der Waals surface area contributed by atoms with E-state index in [1.165, 1.54) is 16.8 Å². The molecule has 1 aliphatic heterocycles. The second-order valence-electron chi connectivity index (χ2n) is 9.34. The summed E-state index contributed by atoms with van der Waals surface area (Å²) in [4.78, 5) is 41.3. The van der Waals surface area contributed by atoms with Gasteiger partial charge in [-0.2, -0.15) is 4.98 Å². The highest BCUT2D eigenvalue weighted by Gasteiger charge is 2.58. The molecule has 0 aromatic carbocycles. The monoisotopic (exact) mass is 453 g/mol. The average molecular weight is 454 g/mol. The number of hydrogen-bond donors (Lipinski definition) is 1. The van der Waals surface area contributed by atoms with Gasteiger partial charge >= 0.3 is 17.6 Å². The molecule has 1 aromatic heterocycles. The van der Waals surface area contributed by atoms with E-state index in [0.29, 0.717) is 6.61 Å². The van der Waals surface area contributed by atoms with Crippen molar-refractivity contribution in [1.29, 1.82) is 0 Å². The van der Waals surface area contributed by atoms with Crippen molar-refractivity contribution in [2.45, 2.75) is 72.5 Å². The van der Waals surface area contributed by atoms with Gasteiger partial charge in [-0.3, -0.25) is 14.2 Å². The Bertz CT molecular complexity index is 867. The molecular weight excluding hydrogens is 418 g/mol. The lowest BCUT2D eigenvalue weighted by Gasteiger charge is -2.31. The molecule has 0 amide bonds. The first-order valence-electron chi connectivity index (χ1n) is 10.9. The van der Waals surface area contributed by atoms with E-state index in [1.807, 2.05) is 13.8 Å². The minimum absolute atomic E-state index is 0.0470. The van der Waals surface area contributed by atoms with Crippen LogP contribution in [0.25, 0.3) is 0 Å². The lowest BCUT2D eigenvalue weighted by molar-refractivity contribution is -0.178. The largest absolute Gasteiger partial charge is 0.455 e. The molecule has 1 fully saturated rings. The number of nitrogens with zero attached hydrogens (tertiary/aromatic N) is 2. The van der Waals surface area contributed by atoms with Crippen LogP contribution in [0.15, 0.2) is 17.1 Å². The summed E-state index contributed by atoms with van der Waals surface area (Å²) in [6.45, 7) is 13.0. The highest BCUT2D eigenvalue weighted by molar-refractivity contribution is 5.73. The minimum atomic E-state index is -1.19. The molecule has 1 aliphatic rings. The fraction of sp³-hybridized carbons (Fsp3) is 0.727. The third-order valence-corrected chi connectivity index (χ3v) is 4.97. The summed E-state index contributed by atoms with van der Waals surface area (Å²) in [6, 6.07) is 1.44. The van der Waals surface area contributed by atoms with Gasteiger partial charge < -0.3 is 24.7 Å². The van der Waals surface area contributed by atoms with E-state index >= 15 is 0 Å². The van der Waals surface area contributed by atoms with Crippen molar-refractivity contribution in [3.8, 4) is 0 Å². The number of hydrogen-bond acceptors (Lipinski definition) is 9. The van der Waals surface area contributed by atoms with Crippen LogP contribution in [-0.2, 0) is 28.5 Å². The second-order valence-corrected chi connectivity index (χ2v) is 9.34. The molecule has 180 valence electrons. The molecule has 0 spiro atoms. The van der Waals surface area contributed by atoms with Crippen LogP contribution in [0.3, 0.4) is 0 Å². The smallest absolute Gasteiger partial charge is 0.351 e. The molecule has 2 heterocycles. The van der Waals surface area contributed by atoms with Gasteiger partial charge in [0.1, 0.15) is 11.4 Å². The van der Waals surface area contributed by atoms with Gasteiger partial charge in [0.05, 0.1) is 18.4 Å². The highest BCUT2D eigenvalue weighted by atomic mass is 16.7. The van der Waals surface area contributed by atoms with Gasteiger partial charge in [0.2, 0.25) is 0 Å². The van der Waals surface area contributed by atoms with Crippen molar-refractivity contribution in [1.82, 2.24) is 9.55 Å². The Kier molecular flexibility index (Phi) is 8.41. The lowest BCUT2D eigenvalue weighted by Crippen LogP contribution is -2.49. The molecule has 32 heavy (non-hydrogen) atoms. The van der Waals surface area contributed by atoms with Crippen molar-refractivity contribution in [3.05, 3.63) is 22.7 Å². The quantitative estimate of drug-likeness (QED) is 0.557. The number of esters is 2. The summed E-state index contributed by atoms with van der Waals surface area (Å²) in [5.74, 6) is -1.54.